The molecule has 4 rings (SSSR count). The molecule has 1 unspecified atom stereocenters. The van der Waals surface area contributed by atoms with E-state index in [2.05, 4.69) is 14.5 Å². The highest BCUT2D eigenvalue weighted by molar-refractivity contribution is 5.79. The Morgan fingerprint density at radius 3 is 2.83 bits per heavy atom. The SMILES string of the molecule is COc1cc(-c2nccn2CC2CC(=O)N(C3CC3)C2)ccc1OCC=C(C)C. The van der Waals surface area contributed by atoms with Crippen LogP contribution in [0, 0.1) is 5.92 Å². The molecule has 29 heavy (non-hydrogen) atoms. The summed E-state index contributed by atoms with van der Waals surface area (Å²) in [6.07, 6.45) is 8.80. The molecule has 1 amide bonds. The Labute approximate surface area is 172 Å². The number of hydrogen-bond acceptors (Lipinski definition) is 4. The Kier molecular flexibility index (Phi) is 5.60. The van der Waals surface area contributed by atoms with Crippen molar-refractivity contribution < 1.29 is 14.3 Å². The maximum Gasteiger partial charge on any atom is 0.223 e. The van der Waals surface area contributed by atoms with Gasteiger partial charge in [-0.05, 0) is 51.0 Å². The molecule has 0 spiro atoms. The van der Waals surface area contributed by atoms with Crippen molar-refractivity contribution in [3.8, 4) is 22.9 Å². The van der Waals surface area contributed by atoms with Crippen molar-refractivity contribution in [2.24, 2.45) is 5.92 Å². The average molecular weight is 396 g/mol. The number of nitrogens with zero attached hydrogens (tertiary/aromatic N) is 3. The summed E-state index contributed by atoms with van der Waals surface area (Å²) in [6, 6.07) is 6.40. The number of ether oxygens (including phenoxy) is 2. The zero-order valence-corrected chi connectivity index (χ0v) is 17.4. The van der Waals surface area contributed by atoms with E-state index in [1.165, 1.54) is 5.57 Å². The van der Waals surface area contributed by atoms with Crippen molar-refractivity contribution >= 4 is 5.91 Å². The van der Waals surface area contributed by atoms with E-state index in [9.17, 15) is 4.79 Å². The second-order valence-electron chi connectivity index (χ2n) is 8.21. The summed E-state index contributed by atoms with van der Waals surface area (Å²) in [5, 5.41) is 0. The first kappa shape index (κ1) is 19.6. The van der Waals surface area contributed by atoms with Gasteiger partial charge in [0.15, 0.2) is 11.5 Å². The van der Waals surface area contributed by atoms with Crippen LogP contribution < -0.4 is 9.47 Å². The van der Waals surface area contributed by atoms with E-state index >= 15 is 0 Å². The smallest absolute Gasteiger partial charge is 0.223 e. The lowest BCUT2D eigenvalue weighted by atomic mass is 10.1. The third kappa shape index (κ3) is 4.47. The highest BCUT2D eigenvalue weighted by atomic mass is 16.5. The van der Waals surface area contributed by atoms with E-state index < -0.39 is 0 Å². The van der Waals surface area contributed by atoms with Crippen molar-refractivity contribution in [2.75, 3.05) is 20.3 Å². The molecule has 1 aliphatic heterocycles. The zero-order valence-electron chi connectivity index (χ0n) is 17.4. The van der Waals surface area contributed by atoms with Crippen molar-refractivity contribution in [2.45, 2.75) is 45.7 Å². The molecule has 2 fully saturated rings. The lowest BCUT2D eigenvalue weighted by Crippen LogP contribution is -2.27. The molecule has 1 aromatic heterocycles. The number of methoxy groups -OCH3 is 1. The second-order valence-corrected chi connectivity index (χ2v) is 8.21. The van der Waals surface area contributed by atoms with Gasteiger partial charge in [0.05, 0.1) is 7.11 Å². The molecule has 1 saturated heterocycles. The van der Waals surface area contributed by atoms with Gasteiger partial charge in [-0.2, -0.15) is 0 Å². The molecular formula is C23H29N3O3. The number of aromatic nitrogens is 2. The van der Waals surface area contributed by atoms with Crippen LogP contribution in [0.25, 0.3) is 11.4 Å². The Balaban J connectivity index is 1.48. The standard InChI is InChI=1S/C23H29N3O3/c1-16(2)8-11-29-20-7-4-18(13-21(20)28-3)23-24-9-10-25(23)14-17-12-22(27)26(15-17)19-5-6-19/h4,7-10,13,17,19H,5-6,11-12,14-15H2,1-3H3. The molecule has 0 N–H and O–H groups in total. The molecule has 6 nitrogen and oxygen atoms in total. The van der Waals surface area contributed by atoms with Crippen molar-refractivity contribution in [3.63, 3.8) is 0 Å². The molecule has 1 atom stereocenters. The monoisotopic (exact) mass is 395 g/mol. The van der Waals surface area contributed by atoms with Crippen LogP contribution in [-0.2, 0) is 11.3 Å². The second kappa shape index (κ2) is 8.31. The lowest BCUT2D eigenvalue weighted by Gasteiger charge is -2.17. The summed E-state index contributed by atoms with van der Waals surface area (Å²) in [5.41, 5.74) is 2.19. The number of amides is 1. The largest absolute Gasteiger partial charge is 0.493 e. The van der Waals surface area contributed by atoms with Crippen molar-refractivity contribution in [1.29, 1.82) is 0 Å². The van der Waals surface area contributed by atoms with Crippen LogP contribution in [0.2, 0.25) is 0 Å². The normalized spacial score (nSPS) is 18.8. The Morgan fingerprint density at radius 2 is 2.10 bits per heavy atom. The molecule has 2 aliphatic rings. The molecule has 6 heteroatoms. The molecule has 0 bridgehead atoms. The van der Waals surface area contributed by atoms with E-state index in [-0.39, 0.29) is 0 Å². The van der Waals surface area contributed by atoms with Crippen LogP contribution in [0.1, 0.15) is 33.1 Å². The third-order valence-corrected chi connectivity index (χ3v) is 5.55. The maximum atomic E-state index is 12.3. The zero-order chi connectivity index (χ0) is 20.4. The summed E-state index contributed by atoms with van der Waals surface area (Å²) in [6.45, 7) is 6.27. The molecule has 1 aromatic carbocycles. The summed E-state index contributed by atoms with van der Waals surface area (Å²) >= 11 is 0. The number of imidazole rings is 1. The van der Waals surface area contributed by atoms with E-state index in [0.717, 1.165) is 37.3 Å². The van der Waals surface area contributed by atoms with Gasteiger partial charge in [-0.15, -0.1) is 0 Å². The van der Waals surface area contributed by atoms with Crippen LogP contribution in [-0.4, -0.2) is 46.7 Å². The average Bonchev–Trinajstić information content (AvgIpc) is 3.33. The van der Waals surface area contributed by atoms with Gasteiger partial charge in [-0.25, -0.2) is 4.98 Å². The minimum absolute atomic E-state index is 0.304. The van der Waals surface area contributed by atoms with E-state index in [1.54, 1.807) is 7.11 Å². The summed E-state index contributed by atoms with van der Waals surface area (Å²) < 4.78 is 13.5. The van der Waals surface area contributed by atoms with Crippen molar-refractivity contribution in [3.05, 3.63) is 42.2 Å². The van der Waals surface area contributed by atoms with E-state index in [0.29, 0.717) is 42.4 Å². The molecule has 1 saturated carbocycles. The molecule has 1 aliphatic carbocycles. The molecule has 0 radical (unpaired) electrons. The molecule has 2 aromatic rings. The third-order valence-electron chi connectivity index (χ3n) is 5.55. The van der Waals surface area contributed by atoms with E-state index in [4.69, 9.17) is 9.47 Å². The Hall–Kier alpha value is -2.76. The van der Waals surface area contributed by atoms with Gasteiger partial charge in [-0.1, -0.05) is 5.57 Å². The predicted molar refractivity (Wildman–Crippen MR) is 112 cm³/mol. The van der Waals surface area contributed by atoms with Crippen LogP contribution >= 0.6 is 0 Å². The fraction of sp³-hybridized carbons (Fsp3) is 0.478. The quantitative estimate of drug-likeness (QED) is 0.636. The Bertz CT molecular complexity index is 910. The predicted octanol–water partition coefficient (Wildman–Crippen LogP) is 3.91. The first-order chi connectivity index (χ1) is 14.0. The molecule has 154 valence electrons. The van der Waals surface area contributed by atoms with Gasteiger partial charge < -0.3 is 18.9 Å². The van der Waals surface area contributed by atoms with Crippen LogP contribution in [0.5, 0.6) is 11.5 Å². The minimum atomic E-state index is 0.304. The number of benzene rings is 1. The minimum Gasteiger partial charge on any atom is -0.493 e. The van der Waals surface area contributed by atoms with Gasteiger partial charge in [0.25, 0.3) is 0 Å². The summed E-state index contributed by atoms with van der Waals surface area (Å²) in [7, 11) is 1.65. The fourth-order valence-corrected chi connectivity index (χ4v) is 3.89. The summed E-state index contributed by atoms with van der Waals surface area (Å²) in [4.78, 5) is 18.9. The van der Waals surface area contributed by atoms with Gasteiger partial charge in [0.2, 0.25) is 5.91 Å². The topological polar surface area (TPSA) is 56.6 Å². The molecular weight excluding hydrogens is 366 g/mol. The van der Waals surface area contributed by atoms with Gasteiger partial charge in [-0.3, -0.25) is 4.79 Å². The van der Waals surface area contributed by atoms with E-state index in [1.807, 2.05) is 50.5 Å². The lowest BCUT2D eigenvalue weighted by molar-refractivity contribution is -0.128. The van der Waals surface area contributed by atoms with Crippen LogP contribution in [0.15, 0.2) is 42.2 Å². The van der Waals surface area contributed by atoms with Crippen molar-refractivity contribution in [1.82, 2.24) is 14.5 Å². The Morgan fingerprint density at radius 1 is 1.28 bits per heavy atom. The maximum absolute atomic E-state index is 12.3. The first-order valence-electron chi connectivity index (χ1n) is 10.3. The summed E-state index contributed by atoms with van der Waals surface area (Å²) in [5.74, 6) is 2.93. The van der Waals surface area contributed by atoms with Gasteiger partial charge in [0, 0.05) is 49.4 Å². The number of allylic oxidation sites excluding steroid dienone is 1. The number of likely N-dealkylation sites (tertiary alicyclic amines) is 1. The first-order valence-corrected chi connectivity index (χ1v) is 10.3. The number of rotatable bonds is 8. The van der Waals surface area contributed by atoms with Crippen LogP contribution in [0.3, 0.4) is 0 Å². The number of carbonyl (C=O) groups excluding carboxylic acids is 1. The number of carbonyl (C=O) groups is 1. The molecule has 2 heterocycles. The highest BCUT2D eigenvalue weighted by Crippen LogP contribution is 2.35. The fourth-order valence-electron chi connectivity index (χ4n) is 3.89. The van der Waals surface area contributed by atoms with Crippen LogP contribution in [0.4, 0.5) is 0 Å². The highest BCUT2D eigenvalue weighted by Gasteiger charge is 2.39. The van der Waals surface area contributed by atoms with Gasteiger partial charge >= 0.3 is 0 Å². The number of hydrogen-bond donors (Lipinski definition) is 0. The van der Waals surface area contributed by atoms with Gasteiger partial charge in [0.1, 0.15) is 12.4 Å².